The summed E-state index contributed by atoms with van der Waals surface area (Å²) in [6.07, 6.45) is 3.06. The Morgan fingerprint density at radius 3 is 2.63 bits per heavy atom. The van der Waals surface area contributed by atoms with Crippen LogP contribution in [0.25, 0.3) is 0 Å². The highest BCUT2D eigenvalue weighted by Crippen LogP contribution is 2.09. The Balaban J connectivity index is 2.17. The molecule has 2 aromatic heterocycles. The molecule has 2 heterocycles. The van der Waals surface area contributed by atoms with E-state index in [9.17, 15) is 4.79 Å². The third kappa shape index (κ3) is 2.87. The predicted molar refractivity (Wildman–Crippen MR) is 71.7 cm³/mol. The first-order valence-corrected chi connectivity index (χ1v) is 6.11. The van der Waals surface area contributed by atoms with Crippen molar-refractivity contribution in [3.63, 3.8) is 0 Å². The van der Waals surface area contributed by atoms with Crippen LogP contribution in [0.15, 0.2) is 12.3 Å². The maximum Gasteiger partial charge on any atom is 0.274 e. The second kappa shape index (κ2) is 5.47. The van der Waals surface area contributed by atoms with Crippen molar-refractivity contribution in [1.82, 2.24) is 20.2 Å². The van der Waals surface area contributed by atoms with E-state index in [1.807, 2.05) is 13.8 Å². The number of aromatic amines is 1. The molecule has 2 aromatic rings. The molecule has 0 unspecified atom stereocenters. The number of aromatic nitrogens is 4. The molecular weight excluding hydrogens is 244 g/mol. The minimum absolute atomic E-state index is 0.201. The fourth-order valence-electron chi connectivity index (χ4n) is 1.70. The number of nitrogen functional groups attached to an aromatic ring is 1. The molecule has 0 aromatic carbocycles. The second-order valence-electron chi connectivity index (χ2n) is 4.04. The molecule has 2 rings (SSSR count). The van der Waals surface area contributed by atoms with Crippen molar-refractivity contribution in [3.8, 4) is 0 Å². The fraction of sp³-hybridized carbons (Fsp3) is 0.333. The molecule has 1 amide bonds. The van der Waals surface area contributed by atoms with Crippen LogP contribution in [0.5, 0.6) is 0 Å². The van der Waals surface area contributed by atoms with E-state index in [4.69, 9.17) is 5.73 Å². The molecule has 7 nitrogen and oxygen atoms in total. The van der Waals surface area contributed by atoms with Crippen LogP contribution >= 0.6 is 0 Å². The van der Waals surface area contributed by atoms with Crippen LogP contribution in [0.3, 0.4) is 0 Å². The van der Waals surface area contributed by atoms with E-state index in [-0.39, 0.29) is 11.9 Å². The summed E-state index contributed by atoms with van der Waals surface area (Å²) < 4.78 is 0. The Kier molecular flexibility index (Phi) is 3.74. The Labute approximate surface area is 110 Å². The summed E-state index contributed by atoms with van der Waals surface area (Å²) in [5.74, 6) is -0.142. The number of nitrogens with two attached hydrogens (primary N) is 1. The molecule has 0 bridgehead atoms. The van der Waals surface area contributed by atoms with E-state index >= 15 is 0 Å². The van der Waals surface area contributed by atoms with Gasteiger partial charge in [-0.3, -0.25) is 10.1 Å². The van der Waals surface area contributed by atoms with E-state index in [0.29, 0.717) is 11.4 Å². The summed E-state index contributed by atoms with van der Waals surface area (Å²) in [4.78, 5) is 18.9. The fourth-order valence-corrected chi connectivity index (χ4v) is 1.70. The van der Waals surface area contributed by atoms with Crippen LogP contribution in [0, 0.1) is 0 Å². The summed E-state index contributed by atoms with van der Waals surface area (Å²) in [6, 6.07) is 1.55. The number of nitrogens with one attached hydrogen (secondary N) is 2. The molecule has 0 spiro atoms. The van der Waals surface area contributed by atoms with Gasteiger partial charge in [-0.15, -0.1) is 10.2 Å². The predicted octanol–water partition coefficient (Wildman–Crippen LogP) is 1.16. The summed E-state index contributed by atoms with van der Waals surface area (Å²) in [5, 5.41) is 10.5. The topological polar surface area (TPSA) is 110 Å². The highest BCUT2D eigenvalue weighted by molar-refractivity contribution is 6.02. The highest BCUT2D eigenvalue weighted by Gasteiger charge is 2.12. The summed E-state index contributed by atoms with van der Waals surface area (Å²) in [6.45, 7) is 3.98. The minimum atomic E-state index is -0.343. The van der Waals surface area contributed by atoms with Gasteiger partial charge in [-0.2, -0.15) is 0 Å². The minimum Gasteiger partial charge on any atom is -0.397 e. The highest BCUT2D eigenvalue weighted by atomic mass is 16.2. The van der Waals surface area contributed by atoms with Crippen LogP contribution in [-0.4, -0.2) is 26.1 Å². The largest absolute Gasteiger partial charge is 0.397 e. The van der Waals surface area contributed by atoms with Crippen LogP contribution < -0.4 is 11.1 Å². The zero-order chi connectivity index (χ0) is 13.8. The number of carbonyl (C=O) groups is 1. The molecule has 0 aliphatic rings. The van der Waals surface area contributed by atoms with Crippen molar-refractivity contribution in [3.05, 3.63) is 29.3 Å². The molecule has 0 aliphatic heterocycles. The molecule has 0 radical (unpaired) electrons. The quantitative estimate of drug-likeness (QED) is 0.764. The van der Waals surface area contributed by atoms with Crippen molar-refractivity contribution in [2.24, 2.45) is 0 Å². The first kappa shape index (κ1) is 13.0. The standard InChI is InChI=1S/C12H16N6O/c1-3-8-9(4-2)17-18-12(15-8)16-11(19)10-5-7(13)6-14-10/h5-6,14H,3-4,13H2,1-2H3,(H,15,16,18,19). The summed E-state index contributed by atoms with van der Waals surface area (Å²) in [7, 11) is 0. The molecule has 0 saturated heterocycles. The Morgan fingerprint density at radius 2 is 2.05 bits per heavy atom. The third-order valence-corrected chi connectivity index (χ3v) is 2.68. The average molecular weight is 260 g/mol. The maximum absolute atomic E-state index is 11.9. The number of hydrogen-bond acceptors (Lipinski definition) is 5. The number of H-pyrrole nitrogens is 1. The number of hydrogen-bond donors (Lipinski definition) is 3. The monoisotopic (exact) mass is 260 g/mol. The first-order valence-electron chi connectivity index (χ1n) is 6.11. The van der Waals surface area contributed by atoms with E-state index in [0.717, 1.165) is 24.2 Å². The number of aryl methyl sites for hydroxylation is 2. The number of amides is 1. The van der Waals surface area contributed by atoms with Crippen molar-refractivity contribution >= 4 is 17.5 Å². The molecule has 0 aliphatic carbocycles. The molecular formula is C12H16N6O. The van der Waals surface area contributed by atoms with Crippen LogP contribution in [0.4, 0.5) is 11.6 Å². The zero-order valence-corrected chi connectivity index (χ0v) is 10.9. The Hall–Kier alpha value is -2.44. The van der Waals surface area contributed by atoms with Crippen molar-refractivity contribution < 1.29 is 4.79 Å². The summed E-state index contributed by atoms with van der Waals surface area (Å²) >= 11 is 0. The van der Waals surface area contributed by atoms with Gasteiger partial charge in [0.15, 0.2) is 0 Å². The van der Waals surface area contributed by atoms with Gasteiger partial charge in [-0.1, -0.05) is 13.8 Å². The van der Waals surface area contributed by atoms with Gasteiger partial charge in [-0.05, 0) is 18.9 Å². The number of nitrogens with zero attached hydrogens (tertiary/aromatic N) is 3. The second-order valence-corrected chi connectivity index (χ2v) is 4.04. The van der Waals surface area contributed by atoms with E-state index in [2.05, 4.69) is 25.5 Å². The molecule has 4 N–H and O–H groups in total. The van der Waals surface area contributed by atoms with Crippen LogP contribution in [0.2, 0.25) is 0 Å². The zero-order valence-electron chi connectivity index (χ0n) is 10.9. The van der Waals surface area contributed by atoms with E-state index in [1.165, 1.54) is 0 Å². The Morgan fingerprint density at radius 1 is 1.32 bits per heavy atom. The van der Waals surface area contributed by atoms with Gasteiger partial charge in [0, 0.05) is 11.9 Å². The molecule has 19 heavy (non-hydrogen) atoms. The van der Waals surface area contributed by atoms with Gasteiger partial charge in [0.2, 0.25) is 5.95 Å². The van der Waals surface area contributed by atoms with Gasteiger partial charge in [0.25, 0.3) is 5.91 Å². The van der Waals surface area contributed by atoms with Gasteiger partial charge >= 0.3 is 0 Å². The molecule has 0 atom stereocenters. The third-order valence-electron chi connectivity index (χ3n) is 2.68. The number of carbonyl (C=O) groups excluding carboxylic acids is 1. The molecule has 0 saturated carbocycles. The summed E-state index contributed by atoms with van der Waals surface area (Å²) in [5.41, 5.74) is 8.10. The first-order chi connectivity index (χ1) is 9.13. The average Bonchev–Trinajstić information content (AvgIpc) is 2.85. The van der Waals surface area contributed by atoms with Gasteiger partial charge < -0.3 is 10.7 Å². The normalized spacial score (nSPS) is 10.4. The van der Waals surface area contributed by atoms with Crippen molar-refractivity contribution in [2.75, 3.05) is 11.1 Å². The van der Waals surface area contributed by atoms with Gasteiger partial charge in [-0.25, -0.2) is 4.98 Å². The lowest BCUT2D eigenvalue weighted by atomic mass is 10.2. The number of rotatable bonds is 4. The molecule has 0 fully saturated rings. The van der Waals surface area contributed by atoms with Gasteiger partial charge in [0.1, 0.15) is 5.69 Å². The smallest absolute Gasteiger partial charge is 0.274 e. The van der Waals surface area contributed by atoms with Crippen molar-refractivity contribution in [1.29, 1.82) is 0 Å². The lowest BCUT2D eigenvalue weighted by molar-refractivity contribution is 0.102. The molecule has 7 heteroatoms. The maximum atomic E-state index is 11.9. The lowest BCUT2D eigenvalue weighted by Gasteiger charge is -2.06. The SMILES string of the molecule is CCc1nnc(NC(=O)c2cc(N)c[nH]2)nc1CC. The number of anilines is 2. The van der Waals surface area contributed by atoms with Gasteiger partial charge in [0.05, 0.1) is 11.4 Å². The van der Waals surface area contributed by atoms with Crippen LogP contribution in [0.1, 0.15) is 35.7 Å². The van der Waals surface area contributed by atoms with E-state index in [1.54, 1.807) is 12.3 Å². The van der Waals surface area contributed by atoms with Crippen molar-refractivity contribution in [2.45, 2.75) is 26.7 Å². The Bertz CT molecular complexity index is 592. The lowest BCUT2D eigenvalue weighted by Crippen LogP contribution is -2.16. The molecule has 100 valence electrons. The van der Waals surface area contributed by atoms with E-state index < -0.39 is 0 Å². The van der Waals surface area contributed by atoms with Crippen LogP contribution in [-0.2, 0) is 12.8 Å².